The smallest absolute Gasteiger partial charge is 0.302 e. The molecule has 2 rings (SSSR count). The number of methoxy groups -OCH3 is 1. The van der Waals surface area contributed by atoms with Gasteiger partial charge in [0.1, 0.15) is 18.1 Å². The number of carboxylic acid groups (broad SMARTS) is 1. The van der Waals surface area contributed by atoms with Crippen LogP contribution in [0.25, 0.3) is 0 Å². The average Bonchev–Trinajstić information content (AvgIpc) is 2.64. The largest absolute Gasteiger partial charge is 0.508 e. The number of phenolic OH excluding ortho intramolecular Hbond substituents is 1. The van der Waals surface area contributed by atoms with Crippen molar-refractivity contribution >= 4 is 11.9 Å². The number of carboxylic acids is 1. The van der Waals surface area contributed by atoms with Crippen LogP contribution < -0.4 is 4.74 Å². The molecule has 6 nitrogen and oxygen atoms in total. The number of rotatable bonds is 5. The fraction of sp³-hybridized carbons (Fsp3) is 0.273. The minimum atomic E-state index is -0.833. The molecular formula is C22H28O6. The molecule has 0 aromatic heterocycles. The maximum absolute atomic E-state index is 10.7. The highest BCUT2D eigenvalue weighted by Crippen LogP contribution is 2.27. The number of aliphatic carboxylic acids is 1. The van der Waals surface area contributed by atoms with E-state index in [1.165, 1.54) is 6.92 Å². The number of ether oxygens (including phenoxy) is 2. The van der Waals surface area contributed by atoms with Gasteiger partial charge in [0.05, 0.1) is 7.11 Å². The molecule has 0 saturated carbocycles. The Morgan fingerprint density at radius 3 is 2.11 bits per heavy atom. The zero-order chi connectivity index (χ0) is 21.5. The second-order valence-electron chi connectivity index (χ2n) is 5.74. The van der Waals surface area contributed by atoms with Gasteiger partial charge in [-0.15, -0.1) is 6.58 Å². The maximum Gasteiger partial charge on any atom is 0.302 e. The first-order valence-electron chi connectivity index (χ1n) is 8.55. The van der Waals surface area contributed by atoms with Crippen molar-refractivity contribution in [3.05, 3.63) is 72.3 Å². The monoisotopic (exact) mass is 388 g/mol. The highest BCUT2D eigenvalue weighted by molar-refractivity contribution is 5.66. The summed E-state index contributed by atoms with van der Waals surface area (Å²) in [6.07, 6.45) is 1.66. The lowest BCUT2D eigenvalue weighted by molar-refractivity contribution is -0.141. The Balaban J connectivity index is 0.000000502. The van der Waals surface area contributed by atoms with Crippen LogP contribution in [0.15, 0.2) is 61.2 Å². The molecule has 0 spiro atoms. The van der Waals surface area contributed by atoms with Gasteiger partial charge in [0.2, 0.25) is 0 Å². The predicted octanol–water partition coefficient (Wildman–Crippen LogP) is 4.32. The van der Waals surface area contributed by atoms with Crippen LogP contribution in [-0.4, -0.2) is 35.9 Å². The highest BCUT2D eigenvalue weighted by Gasteiger charge is 2.13. The number of benzene rings is 2. The lowest BCUT2D eigenvalue weighted by Gasteiger charge is -2.14. The van der Waals surface area contributed by atoms with Gasteiger partial charge in [-0.1, -0.05) is 36.4 Å². The SMILES string of the molecule is C=CC(COC(C)=O)c1ccc(C)cc1O.CC(=O)O.COc1ccccc1. The minimum Gasteiger partial charge on any atom is -0.508 e. The molecule has 6 heteroatoms. The summed E-state index contributed by atoms with van der Waals surface area (Å²) in [5, 5.41) is 17.2. The van der Waals surface area contributed by atoms with Crippen LogP contribution in [0.3, 0.4) is 0 Å². The zero-order valence-electron chi connectivity index (χ0n) is 16.7. The van der Waals surface area contributed by atoms with E-state index >= 15 is 0 Å². The Bertz CT molecular complexity index is 736. The Hall–Kier alpha value is -3.28. The fourth-order valence-electron chi connectivity index (χ4n) is 2.02. The van der Waals surface area contributed by atoms with Crippen molar-refractivity contribution in [3.8, 4) is 11.5 Å². The molecule has 0 aliphatic rings. The Labute approximate surface area is 166 Å². The van der Waals surface area contributed by atoms with Crippen molar-refractivity contribution in [1.29, 1.82) is 0 Å². The van der Waals surface area contributed by atoms with Crippen LogP contribution in [0, 0.1) is 6.92 Å². The zero-order valence-corrected chi connectivity index (χ0v) is 16.7. The first-order valence-corrected chi connectivity index (χ1v) is 8.55. The number of phenols is 1. The number of hydrogen-bond acceptors (Lipinski definition) is 5. The molecular weight excluding hydrogens is 360 g/mol. The Morgan fingerprint density at radius 2 is 1.71 bits per heavy atom. The number of esters is 1. The quantitative estimate of drug-likeness (QED) is 0.585. The molecule has 1 unspecified atom stereocenters. The van der Waals surface area contributed by atoms with Crippen LogP contribution in [0.5, 0.6) is 11.5 Å². The molecule has 0 aliphatic heterocycles. The fourth-order valence-corrected chi connectivity index (χ4v) is 2.02. The van der Waals surface area contributed by atoms with Gasteiger partial charge in [-0.05, 0) is 30.7 Å². The van der Waals surface area contributed by atoms with Gasteiger partial charge in [0.25, 0.3) is 5.97 Å². The summed E-state index contributed by atoms with van der Waals surface area (Å²) >= 11 is 0. The average molecular weight is 388 g/mol. The Morgan fingerprint density at radius 1 is 1.14 bits per heavy atom. The molecule has 2 aromatic carbocycles. The highest BCUT2D eigenvalue weighted by atomic mass is 16.5. The van der Waals surface area contributed by atoms with Crippen molar-refractivity contribution in [2.75, 3.05) is 13.7 Å². The molecule has 0 saturated heterocycles. The van der Waals surface area contributed by atoms with Crippen LogP contribution >= 0.6 is 0 Å². The van der Waals surface area contributed by atoms with Crippen molar-refractivity contribution < 1.29 is 29.3 Å². The van der Waals surface area contributed by atoms with E-state index in [2.05, 4.69) is 6.58 Å². The summed E-state index contributed by atoms with van der Waals surface area (Å²) in [6, 6.07) is 15.1. The van der Waals surface area contributed by atoms with E-state index in [0.717, 1.165) is 23.8 Å². The van der Waals surface area contributed by atoms with E-state index in [-0.39, 0.29) is 24.2 Å². The predicted molar refractivity (Wildman–Crippen MR) is 109 cm³/mol. The van der Waals surface area contributed by atoms with Gasteiger partial charge in [-0.3, -0.25) is 9.59 Å². The summed E-state index contributed by atoms with van der Waals surface area (Å²) in [5.41, 5.74) is 1.71. The molecule has 0 fully saturated rings. The van der Waals surface area contributed by atoms with Crippen LogP contribution in [-0.2, 0) is 14.3 Å². The number of aromatic hydroxyl groups is 1. The molecule has 0 amide bonds. The van der Waals surface area contributed by atoms with Gasteiger partial charge in [-0.25, -0.2) is 0 Å². The van der Waals surface area contributed by atoms with Gasteiger partial charge < -0.3 is 19.7 Å². The molecule has 0 aliphatic carbocycles. The van der Waals surface area contributed by atoms with Gasteiger partial charge in [-0.2, -0.15) is 0 Å². The molecule has 28 heavy (non-hydrogen) atoms. The third-order valence-electron chi connectivity index (χ3n) is 3.31. The molecule has 1 atom stereocenters. The normalized spacial score (nSPS) is 10.1. The summed E-state index contributed by atoms with van der Waals surface area (Å²) in [7, 11) is 1.66. The van der Waals surface area contributed by atoms with Crippen molar-refractivity contribution in [2.45, 2.75) is 26.7 Å². The topological polar surface area (TPSA) is 93.1 Å². The van der Waals surface area contributed by atoms with Crippen molar-refractivity contribution in [3.63, 3.8) is 0 Å². The number of carbonyl (C=O) groups is 2. The number of aryl methyl sites for hydroxylation is 1. The van der Waals surface area contributed by atoms with E-state index in [4.69, 9.17) is 19.4 Å². The summed E-state index contributed by atoms with van der Waals surface area (Å²) in [5.74, 6) is -0.229. The van der Waals surface area contributed by atoms with Crippen molar-refractivity contribution in [2.24, 2.45) is 0 Å². The van der Waals surface area contributed by atoms with E-state index in [9.17, 15) is 9.90 Å². The second kappa shape index (κ2) is 13.9. The number of hydrogen-bond donors (Lipinski definition) is 2. The van der Waals surface area contributed by atoms with E-state index in [0.29, 0.717) is 0 Å². The number of para-hydroxylation sites is 1. The second-order valence-corrected chi connectivity index (χ2v) is 5.74. The van der Waals surface area contributed by atoms with Crippen LogP contribution in [0.2, 0.25) is 0 Å². The molecule has 0 heterocycles. The summed E-state index contributed by atoms with van der Waals surface area (Å²) < 4.78 is 9.83. The maximum atomic E-state index is 10.7. The van der Waals surface area contributed by atoms with Crippen LogP contribution in [0.1, 0.15) is 30.9 Å². The lowest BCUT2D eigenvalue weighted by atomic mass is 9.98. The minimum absolute atomic E-state index is 0.176. The first-order chi connectivity index (χ1) is 13.2. The molecule has 2 N–H and O–H groups in total. The van der Waals surface area contributed by atoms with E-state index in [1.54, 1.807) is 19.3 Å². The van der Waals surface area contributed by atoms with Gasteiger partial charge >= 0.3 is 5.97 Å². The van der Waals surface area contributed by atoms with E-state index in [1.807, 2.05) is 49.4 Å². The van der Waals surface area contributed by atoms with Gasteiger partial charge in [0, 0.05) is 25.3 Å². The summed E-state index contributed by atoms with van der Waals surface area (Å²) in [6.45, 7) is 8.22. The third kappa shape index (κ3) is 11.4. The lowest BCUT2D eigenvalue weighted by Crippen LogP contribution is -2.09. The van der Waals surface area contributed by atoms with Crippen molar-refractivity contribution in [1.82, 2.24) is 0 Å². The van der Waals surface area contributed by atoms with Gasteiger partial charge in [0.15, 0.2) is 0 Å². The standard InChI is InChI=1S/C13H16O3.C7H8O.C2H4O2/c1-4-11(8-16-10(3)14)12-6-5-9(2)7-13(12)15;1-8-7-5-3-2-4-6-7;1-2(3)4/h4-7,11,15H,1,8H2,2-3H3;2-6H,1H3;1H3,(H,3,4). The molecule has 152 valence electrons. The van der Waals surface area contributed by atoms with Crippen LogP contribution in [0.4, 0.5) is 0 Å². The number of carbonyl (C=O) groups excluding carboxylic acids is 1. The Kier molecular flexibility index (Phi) is 12.2. The summed E-state index contributed by atoms with van der Waals surface area (Å²) in [4.78, 5) is 19.7. The third-order valence-corrected chi connectivity index (χ3v) is 3.31. The molecule has 2 aromatic rings. The first kappa shape index (κ1) is 24.7. The van der Waals surface area contributed by atoms with E-state index < -0.39 is 5.97 Å². The molecule has 0 radical (unpaired) electrons. The molecule has 0 bridgehead atoms.